The van der Waals surface area contributed by atoms with Crippen molar-refractivity contribution in [2.45, 2.75) is 38.1 Å². The lowest BCUT2D eigenvalue weighted by molar-refractivity contribution is 0.100. The first kappa shape index (κ1) is 21.5. The van der Waals surface area contributed by atoms with Gasteiger partial charge in [0.1, 0.15) is 11.6 Å². The third-order valence-corrected chi connectivity index (χ3v) is 5.16. The molecule has 1 saturated carbocycles. The summed E-state index contributed by atoms with van der Waals surface area (Å²) >= 11 is 0. The van der Waals surface area contributed by atoms with E-state index >= 15 is 0 Å². The molecule has 0 unspecified atom stereocenters. The first-order valence-corrected chi connectivity index (χ1v) is 8.58. The summed E-state index contributed by atoms with van der Waals surface area (Å²) in [5.74, 6) is 1.23. The largest absolute Gasteiger partial charge is 0.497 e. The predicted octanol–water partition coefficient (Wildman–Crippen LogP) is 4.20. The normalized spacial score (nSPS) is 20.6. The molecule has 0 amide bonds. The van der Waals surface area contributed by atoms with Crippen LogP contribution < -0.4 is 10.1 Å². The molecule has 138 valence electrons. The number of hydrogen-bond donors (Lipinski definition) is 1. The third kappa shape index (κ3) is 4.98. The highest BCUT2D eigenvalue weighted by Crippen LogP contribution is 2.40. The molecule has 0 aromatic heterocycles. The standard InChI is InChI=1S/C18H27FN2O.2ClH/c1-22-15-7-8-17(19)16(13-15)18(14-5-3-2-4-6-14)21-11-9-20-10-12-21;;/h7-8,13-14,18,20H,2-6,9-12H2,1H3;2*1H/t18-;;/m1../s1. The molecule has 0 spiro atoms. The van der Waals surface area contributed by atoms with E-state index in [2.05, 4.69) is 10.2 Å². The van der Waals surface area contributed by atoms with Crippen LogP contribution in [0.5, 0.6) is 5.75 Å². The average Bonchev–Trinajstić information content (AvgIpc) is 2.59. The highest BCUT2D eigenvalue weighted by atomic mass is 35.5. The Labute approximate surface area is 157 Å². The van der Waals surface area contributed by atoms with Gasteiger partial charge in [-0.2, -0.15) is 0 Å². The number of hydrogen-bond acceptors (Lipinski definition) is 3. The van der Waals surface area contributed by atoms with Crippen LogP contribution in [0.2, 0.25) is 0 Å². The van der Waals surface area contributed by atoms with Gasteiger partial charge in [0.15, 0.2) is 0 Å². The van der Waals surface area contributed by atoms with Gasteiger partial charge in [0.25, 0.3) is 0 Å². The summed E-state index contributed by atoms with van der Waals surface area (Å²) in [5, 5.41) is 3.40. The molecule has 3 rings (SSSR count). The van der Waals surface area contributed by atoms with Crippen molar-refractivity contribution in [2.75, 3.05) is 33.3 Å². The van der Waals surface area contributed by atoms with E-state index in [-0.39, 0.29) is 36.7 Å². The lowest BCUT2D eigenvalue weighted by Gasteiger charge is -2.41. The molecule has 1 aliphatic heterocycles. The Hall–Kier alpha value is -0.550. The van der Waals surface area contributed by atoms with Crippen molar-refractivity contribution < 1.29 is 9.13 Å². The highest BCUT2D eigenvalue weighted by Gasteiger charge is 2.32. The van der Waals surface area contributed by atoms with Crippen LogP contribution in [0, 0.1) is 11.7 Å². The predicted molar refractivity (Wildman–Crippen MR) is 101 cm³/mol. The SMILES string of the molecule is COc1ccc(F)c([C@@H](C2CCCCC2)N2CCNCC2)c1.Cl.Cl. The Kier molecular flexibility index (Phi) is 9.35. The highest BCUT2D eigenvalue weighted by molar-refractivity contribution is 5.85. The molecule has 3 nitrogen and oxygen atoms in total. The van der Waals surface area contributed by atoms with Gasteiger partial charge in [0, 0.05) is 37.8 Å². The minimum Gasteiger partial charge on any atom is -0.497 e. The molecule has 24 heavy (non-hydrogen) atoms. The van der Waals surface area contributed by atoms with Gasteiger partial charge in [-0.1, -0.05) is 19.3 Å². The van der Waals surface area contributed by atoms with E-state index in [1.54, 1.807) is 19.2 Å². The molecule has 1 aromatic rings. The number of nitrogens with one attached hydrogen (secondary N) is 1. The van der Waals surface area contributed by atoms with E-state index < -0.39 is 0 Å². The van der Waals surface area contributed by atoms with E-state index in [0.717, 1.165) is 37.5 Å². The maximum Gasteiger partial charge on any atom is 0.128 e. The zero-order chi connectivity index (χ0) is 15.4. The van der Waals surface area contributed by atoms with E-state index in [1.807, 2.05) is 6.07 Å². The maximum atomic E-state index is 14.6. The minimum absolute atomic E-state index is 0. The maximum absolute atomic E-state index is 14.6. The molecule has 1 atom stereocenters. The second-order valence-corrected chi connectivity index (χ2v) is 6.52. The van der Waals surface area contributed by atoms with Gasteiger partial charge < -0.3 is 10.1 Å². The molecule has 1 aromatic carbocycles. The Morgan fingerprint density at radius 3 is 2.42 bits per heavy atom. The first-order chi connectivity index (χ1) is 10.8. The van der Waals surface area contributed by atoms with Crippen LogP contribution >= 0.6 is 24.8 Å². The number of benzene rings is 1. The zero-order valence-electron chi connectivity index (χ0n) is 14.3. The first-order valence-electron chi connectivity index (χ1n) is 8.58. The molecule has 1 heterocycles. The fraction of sp³-hybridized carbons (Fsp3) is 0.667. The van der Waals surface area contributed by atoms with Crippen LogP contribution in [0.3, 0.4) is 0 Å². The summed E-state index contributed by atoms with van der Waals surface area (Å²) in [6, 6.07) is 5.38. The van der Waals surface area contributed by atoms with Crippen LogP contribution in [-0.2, 0) is 0 Å². The molecular weight excluding hydrogens is 350 g/mol. The summed E-state index contributed by atoms with van der Waals surface area (Å²) in [4.78, 5) is 2.48. The second-order valence-electron chi connectivity index (χ2n) is 6.52. The van der Waals surface area contributed by atoms with Gasteiger partial charge in [-0.15, -0.1) is 24.8 Å². The number of piperazine rings is 1. The fourth-order valence-corrected chi connectivity index (χ4v) is 4.03. The number of nitrogens with zero attached hydrogens (tertiary/aromatic N) is 1. The lowest BCUT2D eigenvalue weighted by atomic mass is 9.80. The number of methoxy groups -OCH3 is 1. The topological polar surface area (TPSA) is 24.5 Å². The van der Waals surface area contributed by atoms with Gasteiger partial charge in [-0.25, -0.2) is 4.39 Å². The van der Waals surface area contributed by atoms with Crippen molar-refractivity contribution in [2.24, 2.45) is 5.92 Å². The van der Waals surface area contributed by atoms with Gasteiger partial charge in [0.05, 0.1) is 7.11 Å². The monoisotopic (exact) mass is 378 g/mol. The third-order valence-electron chi connectivity index (χ3n) is 5.16. The van der Waals surface area contributed by atoms with Crippen LogP contribution in [0.4, 0.5) is 4.39 Å². The van der Waals surface area contributed by atoms with Crippen LogP contribution in [0.25, 0.3) is 0 Å². The van der Waals surface area contributed by atoms with Crippen molar-refractivity contribution >= 4 is 24.8 Å². The summed E-state index contributed by atoms with van der Waals surface area (Å²) in [7, 11) is 1.65. The van der Waals surface area contributed by atoms with Gasteiger partial charge >= 0.3 is 0 Å². The quantitative estimate of drug-likeness (QED) is 0.849. The Morgan fingerprint density at radius 2 is 1.79 bits per heavy atom. The number of halogens is 3. The van der Waals surface area contributed by atoms with Crippen molar-refractivity contribution in [1.82, 2.24) is 10.2 Å². The van der Waals surface area contributed by atoms with Crippen molar-refractivity contribution in [3.05, 3.63) is 29.6 Å². The molecule has 1 N–H and O–H groups in total. The lowest BCUT2D eigenvalue weighted by Crippen LogP contribution is -2.47. The molecule has 0 bridgehead atoms. The van der Waals surface area contributed by atoms with Crippen LogP contribution in [-0.4, -0.2) is 38.2 Å². The Morgan fingerprint density at radius 1 is 1.12 bits per heavy atom. The number of ether oxygens (including phenoxy) is 1. The van der Waals surface area contributed by atoms with Crippen LogP contribution in [0.15, 0.2) is 18.2 Å². The summed E-state index contributed by atoms with van der Waals surface area (Å²) in [5.41, 5.74) is 0.827. The van der Waals surface area contributed by atoms with E-state index in [1.165, 1.54) is 32.1 Å². The summed E-state index contributed by atoms with van der Waals surface area (Å²) in [6.45, 7) is 3.99. The van der Waals surface area contributed by atoms with E-state index in [0.29, 0.717) is 5.92 Å². The Balaban J connectivity index is 0.00000144. The zero-order valence-corrected chi connectivity index (χ0v) is 15.9. The second kappa shape index (κ2) is 10.4. The number of rotatable bonds is 4. The molecule has 1 aliphatic carbocycles. The van der Waals surface area contributed by atoms with Gasteiger partial charge in [-0.3, -0.25) is 4.90 Å². The molecule has 6 heteroatoms. The fourth-order valence-electron chi connectivity index (χ4n) is 4.03. The molecule has 2 aliphatic rings. The van der Waals surface area contributed by atoms with E-state index in [9.17, 15) is 4.39 Å². The van der Waals surface area contributed by atoms with Gasteiger partial charge in [0.2, 0.25) is 0 Å². The van der Waals surface area contributed by atoms with E-state index in [4.69, 9.17) is 4.74 Å². The molecule has 1 saturated heterocycles. The van der Waals surface area contributed by atoms with Gasteiger partial charge in [-0.05, 0) is 37.0 Å². The van der Waals surface area contributed by atoms with Crippen molar-refractivity contribution in [1.29, 1.82) is 0 Å². The summed E-state index contributed by atoms with van der Waals surface area (Å²) < 4.78 is 19.9. The average molecular weight is 379 g/mol. The Bertz CT molecular complexity index is 474. The smallest absolute Gasteiger partial charge is 0.128 e. The van der Waals surface area contributed by atoms with Crippen LogP contribution in [0.1, 0.15) is 43.7 Å². The molecule has 0 radical (unpaired) electrons. The van der Waals surface area contributed by atoms with Crippen molar-refractivity contribution in [3.8, 4) is 5.75 Å². The molecular formula is C18H29Cl2FN2O. The molecule has 2 fully saturated rings. The summed E-state index contributed by atoms with van der Waals surface area (Å²) in [6.07, 6.45) is 6.31. The van der Waals surface area contributed by atoms with Crippen molar-refractivity contribution in [3.63, 3.8) is 0 Å². The minimum atomic E-state index is -0.0880.